The van der Waals surface area contributed by atoms with Crippen molar-refractivity contribution < 1.29 is 4.39 Å². The Morgan fingerprint density at radius 3 is 3.05 bits per heavy atom. The van der Waals surface area contributed by atoms with E-state index in [2.05, 4.69) is 15.4 Å². The number of benzene rings is 1. The van der Waals surface area contributed by atoms with E-state index < -0.39 is 0 Å². The fourth-order valence-electron chi connectivity index (χ4n) is 2.01. The van der Waals surface area contributed by atoms with Crippen molar-refractivity contribution in [3.8, 4) is 0 Å². The van der Waals surface area contributed by atoms with E-state index in [0.29, 0.717) is 6.54 Å². The third kappa shape index (κ3) is 2.40. The molecule has 0 aliphatic carbocycles. The minimum Gasteiger partial charge on any atom is -0.364 e. The minimum atomic E-state index is -0.231. The molecule has 0 atom stereocenters. The molecule has 3 aromatic rings. The first-order chi connectivity index (χ1) is 9.22. The van der Waals surface area contributed by atoms with Crippen LogP contribution in [0.2, 0.25) is 0 Å². The summed E-state index contributed by atoms with van der Waals surface area (Å²) in [4.78, 5) is 4.29. The predicted octanol–water partition coefficient (Wildman–Crippen LogP) is 2.79. The number of rotatable bonds is 3. The lowest BCUT2D eigenvalue weighted by molar-refractivity contribution is 0.626. The van der Waals surface area contributed by atoms with Crippen molar-refractivity contribution in [3.05, 3.63) is 59.8 Å². The maximum absolute atomic E-state index is 13.1. The number of nitrogens with one attached hydrogen (secondary N) is 1. The van der Waals surface area contributed by atoms with Crippen LogP contribution in [0.5, 0.6) is 0 Å². The van der Waals surface area contributed by atoms with Crippen molar-refractivity contribution in [2.24, 2.45) is 0 Å². The van der Waals surface area contributed by atoms with E-state index in [0.717, 1.165) is 22.6 Å². The van der Waals surface area contributed by atoms with Gasteiger partial charge >= 0.3 is 0 Å². The summed E-state index contributed by atoms with van der Waals surface area (Å²) in [6.07, 6.45) is 3.49. The van der Waals surface area contributed by atoms with E-state index in [4.69, 9.17) is 0 Å². The molecule has 0 bridgehead atoms. The smallest absolute Gasteiger partial charge is 0.152 e. The molecule has 2 aromatic heterocycles. The normalized spacial score (nSPS) is 10.8. The Morgan fingerprint density at radius 1 is 1.32 bits per heavy atom. The number of fused-ring (bicyclic) bond motifs is 1. The molecule has 4 nitrogen and oxygen atoms in total. The summed E-state index contributed by atoms with van der Waals surface area (Å²) in [5, 5.41) is 7.53. The second-order valence-corrected chi connectivity index (χ2v) is 4.37. The molecule has 0 saturated heterocycles. The summed E-state index contributed by atoms with van der Waals surface area (Å²) in [6.45, 7) is 2.46. The van der Waals surface area contributed by atoms with Crippen LogP contribution in [-0.4, -0.2) is 14.6 Å². The number of nitrogens with zero attached hydrogens (tertiary/aromatic N) is 3. The van der Waals surface area contributed by atoms with Crippen molar-refractivity contribution >= 4 is 11.3 Å². The van der Waals surface area contributed by atoms with Gasteiger partial charge in [0.05, 0.1) is 5.69 Å². The number of hydrogen-bond acceptors (Lipinski definition) is 3. The zero-order valence-corrected chi connectivity index (χ0v) is 10.5. The Labute approximate surface area is 109 Å². The van der Waals surface area contributed by atoms with E-state index in [1.807, 2.05) is 19.1 Å². The van der Waals surface area contributed by atoms with Crippen LogP contribution in [0.1, 0.15) is 11.3 Å². The summed E-state index contributed by atoms with van der Waals surface area (Å²) < 4.78 is 14.9. The summed E-state index contributed by atoms with van der Waals surface area (Å²) in [5.74, 6) is 0.512. The zero-order chi connectivity index (χ0) is 13.2. The highest BCUT2D eigenvalue weighted by Gasteiger charge is 2.05. The number of halogens is 1. The SMILES string of the molecule is Cc1cc2c(NCc3cccc(F)c3)nccn2n1. The molecule has 1 N–H and O–H groups in total. The van der Waals surface area contributed by atoms with Crippen LogP contribution in [0, 0.1) is 12.7 Å². The van der Waals surface area contributed by atoms with Crippen LogP contribution in [-0.2, 0) is 6.54 Å². The molecule has 2 heterocycles. The molecule has 96 valence electrons. The van der Waals surface area contributed by atoms with Gasteiger partial charge in [0.2, 0.25) is 0 Å². The molecule has 0 spiro atoms. The summed E-state index contributed by atoms with van der Waals surface area (Å²) in [7, 11) is 0. The van der Waals surface area contributed by atoms with Crippen molar-refractivity contribution in [2.75, 3.05) is 5.32 Å². The summed E-state index contributed by atoms with van der Waals surface area (Å²) in [6, 6.07) is 8.47. The van der Waals surface area contributed by atoms with Gasteiger partial charge in [0.25, 0.3) is 0 Å². The van der Waals surface area contributed by atoms with Gasteiger partial charge in [-0.1, -0.05) is 12.1 Å². The largest absolute Gasteiger partial charge is 0.364 e. The molecule has 0 aliphatic rings. The van der Waals surface area contributed by atoms with Crippen LogP contribution in [0.15, 0.2) is 42.7 Å². The van der Waals surface area contributed by atoms with Gasteiger partial charge in [0.15, 0.2) is 5.82 Å². The molecular formula is C14H13FN4. The molecule has 0 unspecified atom stereocenters. The first kappa shape index (κ1) is 11.6. The Bertz CT molecular complexity index is 720. The van der Waals surface area contributed by atoms with Crippen LogP contribution < -0.4 is 5.32 Å². The molecule has 0 fully saturated rings. The zero-order valence-electron chi connectivity index (χ0n) is 10.5. The highest BCUT2D eigenvalue weighted by Crippen LogP contribution is 2.15. The molecule has 0 amide bonds. The molecular weight excluding hydrogens is 243 g/mol. The van der Waals surface area contributed by atoms with E-state index in [-0.39, 0.29) is 5.82 Å². The van der Waals surface area contributed by atoms with Crippen LogP contribution in [0.4, 0.5) is 10.2 Å². The van der Waals surface area contributed by atoms with E-state index in [9.17, 15) is 4.39 Å². The molecule has 5 heteroatoms. The molecule has 19 heavy (non-hydrogen) atoms. The summed E-state index contributed by atoms with van der Waals surface area (Å²) >= 11 is 0. The second kappa shape index (κ2) is 4.68. The van der Waals surface area contributed by atoms with E-state index in [1.54, 1.807) is 23.0 Å². The van der Waals surface area contributed by atoms with Crippen molar-refractivity contribution in [1.29, 1.82) is 0 Å². The fraction of sp³-hybridized carbons (Fsp3) is 0.143. The van der Waals surface area contributed by atoms with E-state index >= 15 is 0 Å². The van der Waals surface area contributed by atoms with Gasteiger partial charge in [-0.2, -0.15) is 5.10 Å². The Kier molecular flexibility index (Phi) is 2.87. The fourth-order valence-corrected chi connectivity index (χ4v) is 2.01. The van der Waals surface area contributed by atoms with Crippen LogP contribution in [0.25, 0.3) is 5.52 Å². The maximum atomic E-state index is 13.1. The highest BCUT2D eigenvalue weighted by atomic mass is 19.1. The maximum Gasteiger partial charge on any atom is 0.152 e. The van der Waals surface area contributed by atoms with Crippen LogP contribution >= 0.6 is 0 Å². The van der Waals surface area contributed by atoms with Gasteiger partial charge in [-0.3, -0.25) is 0 Å². The lowest BCUT2D eigenvalue weighted by Gasteiger charge is -2.07. The Hall–Kier alpha value is -2.43. The van der Waals surface area contributed by atoms with E-state index in [1.165, 1.54) is 12.1 Å². The minimum absolute atomic E-state index is 0.231. The quantitative estimate of drug-likeness (QED) is 0.783. The van der Waals surface area contributed by atoms with Gasteiger partial charge < -0.3 is 5.32 Å². The van der Waals surface area contributed by atoms with Gasteiger partial charge in [-0.25, -0.2) is 13.9 Å². The predicted molar refractivity (Wildman–Crippen MR) is 71.5 cm³/mol. The van der Waals surface area contributed by atoms with Crippen molar-refractivity contribution in [2.45, 2.75) is 13.5 Å². The molecule has 3 rings (SSSR count). The van der Waals surface area contributed by atoms with Gasteiger partial charge in [-0.15, -0.1) is 0 Å². The summed E-state index contributed by atoms with van der Waals surface area (Å²) in [5.41, 5.74) is 2.72. The first-order valence-electron chi connectivity index (χ1n) is 6.02. The standard InChI is InChI=1S/C14H13FN4/c1-10-7-13-14(16-5-6-19(13)18-10)17-9-11-3-2-4-12(15)8-11/h2-8H,9H2,1H3,(H,16,17). The first-order valence-corrected chi connectivity index (χ1v) is 6.02. The van der Waals surface area contributed by atoms with Crippen molar-refractivity contribution in [3.63, 3.8) is 0 Å². The van der Waals surface area contributed by atoms with Crippen LogP contribution in [0.3, 0.4) is 0 Å². The lowest BCUT2D eigenvalue weighted by Crippen LogP contribution is -2.03. The number of anilines is 1. The second-order valence-electron chi connectivity index (χ2n) is 4.37. The molecule has 0 aliphatic heterocycles. The number of hydrogen-bond donors (Lipinski definition) is 1. The third-order valence-corrected chi connectivity index (χ3v) is 2.86. The van der Waals surface area contributed by atoms with Crippen molar-refractivity contribution in [1.82, 2.24) is 14.6 Å². The Balaban J connectivity index is 1.85. The number of aromatic nitrogens is 3. The van der Waals surface area contributed by atoms with Gasteiger partial charge in [0, 0.05) is 18.9 Å². The number of aryl methyl sites for hydroxylation is 1. The topological polar surface area (TPSA) is 42.2 Å². The van der Waals surface area contributed by atoms with Gasteiger partial charge in [-0.05, 0) is 30.7 Å². The van der Waals surface area contributed by atoms with Gasteiger partial charge in [0.1, 0.15) is 11.3 Å². The molecule has 0 saturated carbocycles. The molecule has 0 radical (unpaired) electrons. The molecule has 1 aromatic carbocycles. The average Bonchev–Trinajstić information content (AvgIpc) is 2.77. The average molecular weight is 256 g/mol. The monoisotopic (exact) mass is 256 g/mol. The highest BCUT2D eigenvalue weighted by molar-refractivity contribution is 5.67. The Morgan fingerprint density at radius 2 is 2.21 bits per heavy atom. The lowest BCUT2D eigenvalue weighted by atomic mass is 10.2. The third-order valence-electron chi connectivity index (χ3n) is 2.86.